The zero-order valence-electron chi connectivity index (χ0n) is 21.4. The topological polar surface area (TPSA) is 235 Å². The van der Waals surface area contributed by atoms with Crippen molar-refractivity contribution in [1.29, 1.82) is 0 Å². The summed E-state index contributed by atoms with van der Waals surface area (Å²) in [6, 6.07) is 11.6. The monoisotopic (exact) mass is 541 g/mol. The molecule has 0 aliphatic carbocycles. The second-order valence-electron chi connectivity index (χ2n) is 8.85. The molecule has 2 rings (SSSR count). The number of phenols is 1. The fourth-order valence-corrected chi connectivity index (χ4v) is 3.59. The average Bonchev–Trinajstić information content (AvgIpc) is 2.90. The molecule has 39 heavy (non-hydrogen) atoms. The summed E-state index contributed by atoms with van der Waals surface area (Å²) >= 11 is 0. The molecule has 0 fully saturated rings. The van der Waals surface area contributed by atoms with Gasteiger partial charge in [0.15, 0.2) is 5.96 Å². The first kappa shape index (κ1) is 30.6. The summed E-state index contributed by atoms with van der Waals surface area (Å²) in [4.78, 5) is 53.5. The fraction of sp³-hybridized carbons (Fsp3) is 0.346. The largest absolute Gasteiger partial charge is 0.508 e. The average molecular weight is 542 g/mol. The zero-order chi connectivity index (χ0) is 28.8. The Hall–Kier alpha value is -4.65. The molecule has 0 aliphatic heterocycles. The first-order valence-electron chi connectivity index (χ1n) is 12.3. The Bertz CT molecular complexity index is 1140. The lowest BCUT2D eigenvalue weighted by atomic mass is 10.0. The van der Waals surface area contributed by atoms with Crippen molar-refractivity contribution < 1.29 is 29.4 Å². The van der Waals surface area contributed by atoms with Gasteiger partial charge < -0.3 is 43.4 Å². The molecule has 0 radical (unpaired) electrons. The van der Waals surface area contributed by atoms with E-state index in [1.807, 2.05) is 0 Å². The molecule has 11 N–H and O–H groups in total. The van der Waals surface area contributed by atoms with Crippen LogP contribution in [-0.2, 0) is 32.0 Å². The Labute approximate surface area is 225 Å². The molecule has 3 atom stereocenters. The van der Waals surface area contributed by atoms with E-state index < -0.39 is 48.4 Å². The summed E-state index contributed by atoms with van der Waals surface area (Å²) in [5, 5.41) is 26.4. The predicted octanol–water partition coefficient (Wildman–Crippen LogP) is -1.27. The first-order chi connectivity index (χ1) is 18.5. The smallest absolute Gasteiger partial charge is 0.326 e. The first-order valence-corrected chi connectivity index (χ1v) is 12.3. The molecule has 0 saturated heterocycles. The van der Waals surface area contributed by atoms with Crippen molar-refractivity contribution in [3.8, 4) is 5.75 Å². The number of hydrogen-bond donors (Lipinski definition) is 8. The van der Waals surface area contributed by atoms with Crippen LogP contribution >= 0.6 is 0 Å². The molecular weight excluding hydrogens is 506 g/mol. The van der Waals surface area contributed by atoms with Gasteiger partial charge in [-0.3, -0.25) is 19.4 Å². The van der Waals surface area contributed by atoms with E-state index in [4.69, 9.17) is 17.2 Å². The van der Waals surface area contributed by atoms with Crippen LogP contribution in [0.1, 0.15) is 24.0 Å². The second-order valence-corrected chi connectivity index (χ2v) is 8.85. The predicted molar refractivity (Wildman–Crippen MR) is 144 cm³/mol. The van der Waals surface area contributed by atoms with E-state index in [1.165, 1.54) is 12.1 Å². The molecule has 0 saturated carbocycles. The van der Waals surface area contributed by atoms with Crippen LogP contribution in [-0.4, -0.2) is 71.1 Å². The number of carboxylic acid groups (broad SMARTS) is 1. The van der Waals surface area contributed by atoms with Gasteiger partial charge in [0.05, 0.1) is 12.6 Å². The normalized spacial score (nSPS) is 12.8. The maximum Gasteiger partial charge on any atom is 0.326 e. The number of hydrogen-bond acceptors (Lipinski definition) is 7. The van der Waals surface area contributed by atoms with Gasteiger partial charge in [-0.05, 0) is 36.1 Å². The Morgan fingerprint density at radius 1 is 0.846 bits per heavy atom. The van der Waals surface area contributed by atoms with E-state index in [2.05, 4.69) is 20.9 Å². The standard InChI is InChI=1S/C26H35N7O6/c27-19(7-4-12-30-26(28)29)23(36)33-20(13-17-8-10-18(34)11-9-17)24(37)31-15-22(35)32-21(25(38)39)14-16-5-2-1-3-6-16/h1-3,5-6,8-11,19-21,34H,4,7,12-15,27H2,(H,31,37)(H,32,35)(H,33,36)(H,38,39)(H4,28,29,30). The molecule has 0 bridgehead atoms. The minimum Gasteiger partial charge on any atom is -0.508 e. The third-order valence-corrected chi connectivity index (χ3v) is 5.65. The van der Waals surface area contributed by atoms with E-state index >= 15 is 0 Å². The van der Waals surface area contributed by atoms with Gasteiger partial charge >= 0.3 is 5.97 Å². The molecule has 0 heterocycles. The van der Waals surface area contributed by atoms with Crippen LogP contribution in [0.2, 0.25) is 0 Å². The number of nitrogens with one attached hydrogen (secondary N) is 3. The molecule has 3 amide bonds. The number of aliphatic imine (C=N–C) groups is 1. The lowest BCUT2D eigenvalue weighted by Crippen LogP contribution is -2.54. The highest BCUT2D eigenvalue weighted by Crippen LogP contribution is 2.12. The van der Waals surface area contributed by atoms with Crippen molar-refractivity contribution in [2.45, 2.75) is 43.8 Å². The molecule has 0 aromatic heterocycles. The number of phenolic OH excluding ortho intramolecular Hbond substituents is 1. The molecule has 13 heteroatoms. The highest BCUT2D eigenvalue weighted by atomic mass is 16.4. The highest BCUT2D eigenvalue weighted by Gasteiger charge is 2.26. The number of guanidine groups is 1. The number of carbonyl (C=O) groups is 4. The van der Waals surface area contributed by atoms with Gasteiger partial charge in [0.1, 0.15) is 17.8 Å². The molecule has 2 aromatic carbocycles. The quantitative estimate of drug-likeness (QED) is 0.0761. The summed E-state index contributed by atoms with van der Waals surface area (Å²) in [6.07, 6.45) is 0.814. The maximum atomic E-state index is 13.0. The van der Waals surface area contributed by atoms with Gasteiger partial charge in [-0.15, -0.1) is 0 Å². The summed E-state index contributed by atoms with van der Waals surface area (Å²) < 4.78 is 0. The number of amides is 3. The zero-order valence-corrected chi connectivity index (χ0v) is 21.4. The van der Waals surface area contributed by atoms with Crippen LogP contribution in [0.15, 0.2) is 59.6 Å². The van der Waals surface area contributed by atoms with Gasteiger partial charge in [-0.1, -0.05) is 42.5 Å². The summed E-state index contributed by atoms with van der Waals surface area (Å²) in [6.45, 7) is -0.221. The number of rotatable bonds is 15. The number of carbonyl (C=O) groups excluding carboxylic acids is 3. The van der Waals surface area contributed by atoms with E-state index in [0.29, 0.717) is 12.0 Å². The van der Waals surface area contributed by atoms with Crippen molar-refractivity contribution in [1.82, 2.24) is 16.0 Å². The molecule has 2 aromatic rings. The third kappa shape index (κ3) is 11.5. The van der Waals surface area contributed by atoms with Gasteiger partial charge in [0, 0.05) is 19.4 Å². The number of nitrogens with two attached hydrogens (primary N) is 3. The minimum atomic E-state index is -1.22. The van der Waals surface area contributed by atoms with Gasteiger partial charge in [-0.25, -0.2) is 4.79 Å². The van der Waals surface area contributed by atoms with Gasteiger partial charge in [0.25, 0.3) is 0 Å². The molecule has 210 valence electrons. The van der Waals surface area contributed by atoms with Crippen molar-refractivity contribution in [2.75, 3.05) is 13.1 Å². The van der Waals surface area contributed by atoms with Gasteiger partial charge in [-0.2, -0.15) is 0 Å². The number of carboxylic acids is 1. The Kier molecular flexibility index (Phi) is 12.2. The number of aliphatic carboxylic acids is 1. The van der Waals surface area contributed by atoms with Crippen molar-refractivity contribution >= 4 is 29.7 Å². The van der Waals surface area contributed by atoms with Crippen LogP contribution in [0.25, 0.3) is 0 Å². The number of nitrogens with zero attached hydrogens (tertiary/aromatic N) is 1. The number of aromatic hydroxyl groups is 1. The summed E-state index contributed by atoms with van der Waals surface area (Å²) in [5.74, 6) is -3.22. The van der Waals surface area contributed by atoms with Crippen LogP contribution < -0.4 is 33.2 Å². The van der Waals surface area contributed by atoms with E-state index in [9.17, 15) is 29.4 Å². The van der Waals surface area contributed by atoms with E-state index in [-0.39, 0.29) is 37.5 Å². The Morgan fingerprint density at radius 3 is 2.08 bits per heavy atom. The van der Waals surface area contributed by atoms with E-state index in [0.717, 1.165) is 5.56 Å². The molecule has 0 spiro atoms. The molecular formula is C26H35N7O6. The summed E-state index contributed by atoms with van der Waals surface area (Å²) in [5.41, 5.74) is 17.9. The number of benzene rings is 2. The fourth-order valence-electron chi connectivity index (χ4n) is 3.59. The maximum absolute atomic E-state index is 13.0. The second kappa shape index (κ2) is 15.6. The molecule has 13 nitrogen and oxygen atoms in total. The van der Waals surface area contributed by atoms with Crippen molar-refractivity contribution in [3.05, 3.63) is 65.7 Å². The van der Waals surface area contributed by atoms with Crippen LogP contribution in [0, 0.1) is 0 Å². The lowest BCUT2D eigenvalue weighted by Gasteiger charge is -2.21. The Morgan fingerprint density at radius 2 is 1.46 bits per heavy atom. The molecule has 0 aliphatic rings. The van der Waals surface area contributed by atoms with Gasteiger partial charge in [0.2, 0.25) is 17.7 Å². The SMILES string of the molecule is NC(N)=NCCCC(N)C(=O)NC(Cc1ccc(O)cc1)C(=O)NCC(=O)NC(Cc1ccccc1)C(=O)O. The van der Waals surface area contributed by atoms with E-state index in [1.54, 1.807) is 42.5 Å². The van der Waals surface area contributed by atoms with Crippen molar-refractivity contribution in [3.63, 3.8) is 0 Å². The van der Waals surface area contributed by atoms with Crippen LogP contribution in [0.5, 0.6) is 5.75 Å². The van der Waals surface area contributed by atoms with Crippen molar-refractivity contribution in [2.24, 2.45) is 22.2 Å². The third-order valence-electron chi connectivity index (χ3n) is 5.65. The molecule has 3 unspecified atom stereocenters. The lowest BCUT2D eigenvalue weighted by molar-refractivity contribution is -0.141. The van der Waals surface area contributed by atoms with Crippen LogP contribution in [0.3, 0.4) is 0 Å². The highest BCUT2D eigenvalue weighted by molar-refractivity contribution is 5.92. The van der Waals surface area contributed by atoms with Crippen LogP contribution in [0.4, 0.5) is 0 Å². The minimum absolute atomic E-state index is 0.0340. The summed E-state index contributed by atoms with van der Waals surface area (Å²) in [7, 11) is 0. The Balaban J connectivity index is 2.00.